The number of hydrogen-bond acceptors (Lipinski definition) is 5. The van der Waals surface area contributed by atoms with Crippen LogP contribution in [-0.2, 0) is 0 Å². The summed E-state index contributed by atoms with van der Waals surface area (Å²) in [4.78, 5) is 8.59. The van der Waals surface area contributed by atoms with Crippen LogP contribution in [0.4, 0.5) is 0 Å². The van der Waals surface area contributed by atoms with E-state index in [4.69, 9.17) is 0 Å². The second-order valence-electron chi connectivity index (χ2n) is 3.16. The lowest BCUT2D eigenvalue weighted by Crippen LogP contribution is -2.15. The highest BCUT2D eigenvalue weighted by Crippen LogP contribution is 2.24. The fourth-order valence-corrected chi connectivity index (χ4v) is 2.24. The zero-order valence-corrected chi connectivity index (χ0v) is 9.51. The SMILES string of the molecule is CCC(NC)c1csc(-c2ncn[nH]2)n1. The number of rotatable bonds is 4. The van der Waals surface area contributed by atoms with E-state index in [1.807, 2.05) is 7.05 Å². The molecule has 2 heterocycles. The topological polar surface area (TPSA) is 66.5 Å². The van der Waals surface area contributed by atoms with Gasteiger partial charge in [0.15, 0.2) is 10.8 Å². The van der Waals surface area contributed by atoms with Gasteiger partial charge in [-0.2, -0.15) is 5.10 Å². The van der Waals surface area contributed by atoms with Crippen molar-refractivity contribution in [2.45, 2.75) is 19.4 Å². The average Bonchev–Trinajstić information content (AvgIpc) is 2.89. The molecule has 0 saturated heterocycles. The molecule has 6 heteroatoms. The minimum atomic E-state index is 0.318. The van der Waals surface area contributed by atoms with Crippen molar-refractivity contribution in [1.82, 2.24) is 25.5 Å². The largest absolute Gasteiger partial charge is 0.312 e. The van der Waals surface area contributed by atoms with E-state index in [1.54, 1.807) is 11.3 Å². The number of thiazole rings is 1. The highest BCUT2D eigenvalue weighted by Gasteiger charge is 2.12. The quantitative estimate of drug-likeness (QED) is 0.826. The molecule has 1 atom stereocenters. The zero-order valence-electron chi connectivity index (χ0n) is 8.69. The molecule has 0 bridgehead atoms. The standard InChI is InChI=1S/C9H13N5S/c1-3-6(10-2)7-4-15-9(13-7)8-11-5-12-14-8/h4-6,10H,3H2,1-2H3,(H,11,12,14). The molecule has 1 unspecified atom stereocenters. The number of nitrogens with one attached hydrogen (secondary N) is 2. The summed E-state index contributed by atoms with van der Waals surface area (Å²) in [7, 11) is 1.95. The molecule has 0 spiro atoms. The summed E-state index contributed by atoms with van der Waals surface area (Å²) in [6.07, 6.45) is 2.52. The Labute approximate surface area is 92.0 Å². The highest BCUT2D eigenvalue weighted by atomic mass is 32.1. The normalized spacial score (nSPS) is 12.9. The molecule has 15 heavy (non-hydrogen) atoms. The van der Waals surface area contributed by atoms with Gasteiger partial charge in [0, 0.05) is 11.4 Å². The van der Waals surface area contributed by atoms with Crippen molar-refractivity contribution in [2.75, 3.05) is 7.05 Å². The molecule has 0 saturated carbocycles. The Kier molecular flexibility index (Phi) is 3.08. The lowest BCUT2D eigenvalue weighted by atomic mass is 10.2. The van der Waals surface area contributed by atoms with E-state index < -0.39 is 0 Å². The number of hydrogen-bond donors (Lipinski definition) is 2. The molecule has 0 aliphatic heterocycles. The molecule has 2 rings (SSSR count). The Morgan fingerprint density at radius 1 is 1.60 bits per heavy atom. The third-order valence-electron chi connectivity index (χ3n) is 2.25. The fraction of sp³-hybridized carbons (Fsp3) is 0.444. The van der Waals surface area contributed by atoms with E-state index in [0.29, 0.717) is 6.04 Å². The lowest BCUT2D eigenvalue weighted by molar-refractivity contribution is 0.565. The van der Waals surface area contributed by atoms with Gasteiger partial charge in [-0.25, -0.2) is 9.97 Å². The maximum absolute atomic E-state index is 4.52. The number of nitrogens with zero attached hydrogens (tertiary/aromatic N) is 3. The molecule has 2 aromatic heterocycles. The summed E-state index contributed by atoms with van der Waals surface area (Å²) in [5.41, 5.74) is 1.07. The monoisotopic (exact) mass is 223 g/mol. The Morgan fingerprint density at radius 2 is 2.47 bits per heavy atom. The summed E-state index contributed by atoms with van der Waals surface area (Å²) in [5.74, 6) is 0.734. The maximum atomic E-state index is 4.52. The van der Waals surface area contributed by atoms with Gasteiger partial charge in [-0.15, -0.1) is 11.3 Å². The summed E-state index contributed by atoms with van der Waals surface area (Å²) in [6, 6.07) is 0.318. The Balaban J connectivity index is 2.24. The summed E-state index contributed by atoms with van der Waals surface area (Å²) >= 11 is 1.58. The van der Waals surface area contributed by atoms with Gasteiger partial charge in [0.25, 0.3) is 0 Å². The van der Waals surface area contributed by atoms with Gasteiger partial charge in [0.2, 0.25) is 0 Å². The van der Waals surface area contributed by atoms with Gasteiger partial charge in [-0.3, -0.25) is 5.10 Å². The smallest absolute Gasteiger partial charge is 0.184 e. The molecule has 0 amide bonds. The minimum Gasteiger partial charge on any atom is -0.312 e. The van der Waals surface area contributed by atoms with E-state index in [0.717, 1.165) is 22.9 Å². The van der Waals surface area contributed by atoms with Crippen molar-refractivity contribution in [3.8, 4) is 10.8 Å². The number of H-pyrrole nitrogens is 1. The van der Waals surface area contributed by atoms with Crippen LogP contribution in [0.2, 0.25) is 0 Å². The van der Waals surface area contributed by atoms with Crippen LogP contribution in [0.25, 0.3) is 10.8 Å². The van der Waals surface area contributed by atoms with Gasteiger partial charge in [0.1, 0.15) is 6.33 Å². The number of aromatic nitrogens is 4. The van der Waals surface area contributed by atoms with Crippen LogP contribution >= 0.6 is 11.3 Å². The predicted molar refractivity (Wildman–Crippen MR) is 59.6 cm³/mol. The van der Waals surface area contributed by atoms with E-state index in [9.17, 15) is 0 Å². The molecular weight excluding hydrogens is 210 g/mol. The van der Waals surface area contributed by atoms with Crippen LogP contribution in [0, 0.1) is 0 Å². The third kappa shape index (κ3) is 2.05. The first-order valence-corrected chi connectivity index (χ1v) is 5.71. The van der Waals surface area contributed by atoms with E-state index >= 15 is 0 Å². The minimum absolute atomic E-state index is 0.318. The Hall–Kier alpha value is -1.27. The van der Waals surface area contributed by atoms with Gasteiger partial charge in [-0.1, -0.05) is 6.92 Å². The van der Waals surface area contributed by atoms with Crippen LogP contribution < -0.4 is 5.32 Å². The van der Waals surface area contributed by atoms with Gasteiger partial charge in [-0.05, 0) is 13.5 Å². The summed E-state index contributed by atoms with van der Waals surface area (Å²) in [5, 5.41) is 12.8. The van der Waals surface area contributed by atoms with Crippen LogP contribution in [0.15, 0.2) is 11.7 Å². The predicted octanol–water partition coefficient (Wildman–Crippen LogP) is 1.60. The fourth-order valence-electron chi connectivity index (χ4n) is 1.42. The van der Waals surface area contributed by atoms with Gasteiger partial charge < -0.3 is 5.32 Å². The van der Waals surface area contributed by atoms with Crippen molar-refractivity contribution in [3.05, 3.63) is 17.4 Å². The molecule has 2 N–H and O–H groups in total. The molecule has 0 aliphatic rings. The van der Waals surface area contributed by atoms with Crippen LogP contribution in [0.5, 0.6) is 0 Å². The van der Waals surface area contributed by atoms with Crippen molar-refractivity contribution in [2.24, 2.45) is 0 Å². The van der Waals surface area contributed by atoms with E-state index in [-0.39, 0.29) is 0 Å². The molecule has 80 valence electrons. The lowest BCUT2D eigenvalue weighted by Gasteiger charge is -2.09. The molecule has 0 radical (unpaired) electrons. The Bertz CT molecular complexity index is 404. The van der Waals surface area contributed by atoms with Gasteiger partial charge >= 0.3 is 0 Å². The van der Waals surface area contributed by atoms with Crippen molar-refractivity contribution < 1.29 is 0 Å². The van der Waals surface area contributed by atoms with E-state index in [2.05, 4.69) is 37.8 Å². The zero-order chi connectivity index (χ0) is 10.7. The third-order valence-corrected chi connectivity index (χ3v) is 3.12. The first-order valence-electron chi connectivity index (χ1n) is 4.83. The Morgan fingerprint density at radius 3 is 3.07 bits per heavy atom. The molecular formula is C9H13N5S. The average molecular weight is 223 g/mol. The van der Waals surface area contributed by atoms with Crippen LogP contribution in [0.3, 0.4) is 0 Å². The second kappa shape index (κ2) is 4.50. The summed E-state index contributed by atoms with van der Waals surface area (Å²) in [6.45, 7) is 2.13. The van der Waals surface area contributed by atoms with Crippen molar-refractivity contribution in [1.29, 1.82) is 0 Å². The number of aromatic amines is 1. The first-order chi connectivity index (χ1) is 7.35. The molecule has 5 nitrogen and oxygen atoms in total. The molecule has 0 aromatic carbocycles. The maximum Gasteiger partial charge on any atom is 0.184 e. The molecule has 0 fully saturated rings. The van der Waals surface area contributed by atoms with Crippen molar-refractivity contribution in [3.63, 3.8) is 0 Å². The van der Waals surface area contributed by atoms with Crippen LogP contribution in [0.1, 0.15) is 25.1 Å². The molecule has 0 aliphatic carbocycles. The highest BCUT2D eigenvalue weighted by molar-refractivity contribution is 7.13. The first kappa shape index (κ1) is 10.3. The van der Waals surface area contributed by atoms with Gasteiger partial charge in [0.05, 0.1) is 5.69 Å². The van der Waals surface area contributed by atoms with E-state index in [1.165, 1.54) is 6.33 Å². The van der Waals surface area contributed by atoms with Crippen molar-refractivity contribution >= 4 is 11.3 Å². The molecule has 2 aromatic rings. The summed E-state index contributed by atoms with van der Waals surface area (Å²) < 4.78 is 0. The second-order valence-corrected chi connectivity index (χ2v) is 4.02. The van der Waals surface area contributed by atoms with Crippen LogP contribution in [-0.4, -0.2) is 27.2 Å².